The first-order valence-corrected chi connectivity index (χ1v) is 11.9. The summed E-state index contributed by atoms with van der Waals surface area (Å²) >= 11 is 5.69. The van der Waals surface area contributed by atoms with Crippen LogP contribution in [0, 0.1) is 0 Å². The van der Waals surface area contributed by atoms with Gasteiger partial charge in [-0.2, -0.15) is 26.3 Å². The minimum atomic E-state index is -4.74. The van der Waals surface area contributed by atoms with Crippen LogP contribution in [0.4, 0.5) is 31.1 Å². The van der Waals surface area contributed by atoms with Crippen molar-refractivity contribution in [2.45, 2.75) is 51.5 Å². The van der Waals surface area contributed by atoms with Crippen molar-refractivity contribution >= 4 is 17.7 Å². The van der Waals surface area contributed by atoms with Crippen molar-refractivity contribution in [3.05, 3.63) is 93.6 Å². The Balaban J connectivity index is 1.85. The molecule has 2 aromatic carbocycles. The van der Waals surface area contributed by atoms with Crippen molar-refractivity contribution in [3.63, 3.8) is 0 Å². The van der Waals surface area contributed by atoms with E-state index >= 15 is 0 Å². The number of rotatable bonds is 6. The van der Waals surface area contributed by atoms with Crippen LogP contribution >= 0.6 is 11.6 Å². The highest BCUT2D eigenvalue weighted by Gasteiger charge is 2.33. The molecule has 0 aliphatic carbocycles. The standard InChI is InChI=1S/C27H25ClF6N2O2/c1-25(2,3)19-9-7-18(8-10-19)16-36(12-11-17-5-4-6-20(13-17)26(29,30)31)24(37)38-23-15-21(27(32,33)34)14-22(28)35-23/h4-10,13-15H,11-12,16H2,1-3H3. The zero-order chi connectivity index (χ0) is 28.3. The SMILES string of the molecule is CC(C)(C)c1ccc(CN(CCc2cccc(C(F)(F)F)c2)C(=O)Oc2cc(C(F)(F)F)cc(Cl)n2)cc1. The first-order valence-electron chi connectivity index (χ1n) is 11.5. The van der Waals surface area contributed by atoms with E-state index in [0.717, 1.165) is 17.7 Å². The Kier molecular flexibility index (Phi) is 8.65. The van der Waals surface area contributed by atoms with Gasteiger partial charge >= 0.3 is 18.4 Å². The molecule has 0 spiro atoms. The van der Waals surface area contributed by atoms with Crippen LogP contribution < -0.4 is 4.74 Å². The minimum absolute atomic E-state index is 0.00505. The molecule has 0 unspecified atom stereocenters. The average Bonchev–Trinajstić information content (AvgIpc) is 2.80. The summed E-state index contributed by atoms with van der Waals surface area (Å²) in [4.78, 5) is 17.8. The van der Waals surface area contributed by atoms with Crippen LogP contribution in [0.2, 0.25) is 5.15 Å². The van der Waals surface area contributed by atoms with Crippen LogP contribution in [0.15, 0.2) is 60.7 Å². The van der Waals surface area contributed by atoms with Crippen LogP contribution in [0.5, 0.6) is 5.88 Å². The summed E-state index contributed by atoms with van der Waals surface area (Å²) in [6.45, 7) is 6.03. The molecule has 1 heterocycles. The molecule has 3 rings (SSSR count). The summed E-state index contributed by atoms with van der Waals surface area (Å²) in [5.41, 5.74) is -0.0369. The number of benzene rings is 2. The molecule has 38 heavy (non-hydrogen) atoms. The molecule has 0 radical (unpaired) electrons. The zero-order valence-corrected chi connectivity index (χ0v) is 21.5. The number of aromatic nitrogens is 1. The van der Waals surface area contributed by atoms with Gasteiger partial charge in [0.05, 0.1) is 11.1 Å². The Morgan fingerprint density at radius 3 is 2.05 bits per heavy atom. The van der Waals surface area contributed by atoms with Crippen molar-refractivity contribution < 1.29 is 35.9 Å². The van der Waals surface area contributed by atoms with Crippen LogP contribution in [-0.2, 0) is 30.7 Å². The van der Waals surface area contributed by atoms with Gasteiger partial charge in [-0.1, -0.05) is 74.8 Å². The summed E-state index contributed by atoms with van der Waals surface area (Å²) in [6, 6.07) is 13.2. The molecule has 0 saturated heterocycles. The molecule has 0 fully saturated rings. The number of pyridine rings is 1. The van der Waals surface area contributed by atoms with Crippen LogP contribution in [0.3, 0.4) is 0 Å². The van der Waals surface area contributed by atoms with Gasteiger partial charge in [0.2, 0.25) is 5.88 Å². The quantitative estimate of drug-likeness (QED) is 0.226. The van der Waals surface area contributed by atoms with Crippen LogP contribution in [-0.4, -0.2) is 22.5 Å². The van der Waals surface area contributed by atoms with Gasteiger partial charge in [-0.3, -0.25) is 0 Å². The number of carbonyl (C=O) groups is 1. The van der Waals surface area contributed by atoms with Gasteiger partial charge in [0.15, 0.2) is 0 Å². The number of halogens is 7. The van der Waals surface area contributed by atoms with E-state index in [2.05, 4.69) is 4.98 Å². The van der Waals surface area contributed by atoms with Gasteiger partial charge in [-0.25, -0.2) is 9.78 Å². The van der Waals surface area contributed by atoms with Crippen molar-refractivity contribution in [1.29, 1.82) is 0 Å². The average molecular weight is 559 g/mol. The summed E-state index contributed by atoms with van der Waals surface area (Å²) in [5.74, 6) is -0.651. The second-order valence-corrected chi connectivity index (χ2v) is 10.1. The number of carbonyl (C=O) groups excluding carboxylic acids is 1. The molecule has 0 aliphatic rings. The van der Waals surface area contributed by atoms with E-state index in [0.29, 0.717) is 23.3 Å². The van der Waals surface area contributed by atoms with E-state index in [-0.39, 0.29) is 24.9 Å². The Morgan fingerprint density at radius 2 is 1.47 bits per heavy atom. The number of hydrogen-bond acceptors (Lipinski definition) is 3. The van der Waals surface area contributed by atoms with Gasteiger partial charge < -0.3 is 9.64 Å². The van der Waals surface area contributed by atoms with Gasteiger partial charge in [-0.15, -0.1) is 0 Å². The number of amides is 1. The lowest BCUT2D eigenvalue weighted by Gasteiger charge is -2.23. The Morgan fingerprint density at radius 1 is 0.842 bits per heavy atom. The molecule has 0 bridgehead atoms. The molecule has 11 heteroatoms. The smallest absolute Gasteiger partial charge is 0.391 e. The third-order valence-electron chi connectivity index (χ3n) is 5.67. The maximum atomic E-state index is 13.2. The predicted molar refractivity (Wildman–Crippen MR) is 131 cm³/mol. The Hall–Kier alpha value is -3.27. The summed E-state index contributed by atoms with van der Waals surface area (Å²) < 4.78 is 83.9. The van der Waals surface area contributed by atoms with Crippen molar-refractivity contribution in [1.82, 2.24) is 9.88 Å². The Labute approximate surface area is 221 Å². The highest BCUT2D eigenvalue weighted by Crippen LogP contribution is 2.33. The first-order chi connectivity index (χ1) is 17.5. The van der Waals surface area contributed by atoms with E-state index < -0.39 is 40.6 Å². The van der Waals surface area contributed by atoms with Crippen LogP contribution in [0.1, 0.15) is 48.6 Å². The fourth-order valence-corrected chi connectivity index (χ4v) is 3.78. The van der Waals surface area contributed by atoms with Crippen molar-refractivity contribution in [3.8, 4) is 5.88 Å². The highest BCUT2D eigenvalue weighted by atomic mass is 35.5. The number of alkyl halides is 6. The van der Waals surface area contributed by atoms with Crippen molar-refractivity contribution in [2.75, 3.05) is 6.54 Å². The van der Waals surface area contributed by atoms with Crippen molar-refractivity contribution in [2.24, 2.45) is 0 Å². The summed E-state index contributed by atoms with van der Waals surface area (Å²) in [5, 5.41) is -0.518. The molecule has 0 saturated carbocycles. The summed E-state index contributed by atoms with van der Waals surface area (Å²) in [7, 11) is 0. The lowest BCUT2D eigenvalue weighted by molar-refractivity contribution is -0.138. The van der Waals surface area contributed by atoms with E-state index in [4.69, 9.17) is 16.3 Å². The largest absolute Gasteiger partial charge is 0.416 e. The summed E-state index contributed by atoms with van der Waals surface area (Å²) in [6.07, 6.45) is -10.3. The molecular formula is C27H25ClF6N2O2. The Bertz CT molecular complexity index is 1270. The minimum Gasteiger partial charge on any atom is -0.391 e. The number of ether oxygens (including phenoxy) is 1. The molecule has 1 amide bonds. The maximum Gasteiger partial charge on any atom is 0.416 e. The zero-order valence-electron chi connectivity index (χ0n) is 20.8. The number of nitrogens with zero attached hydrogens (tertiary/aromatic N) is 2. The van der Waals surface area contributed by atoms with Gasteiger partial charge in [0, 0.05) is 19.2 Å². The molecule has 204 valence electrons. The van der Waals surface area contributed by atoms with Gasteiger partial charge in [0.25, 0.3) is 0 Å². The fraction of sp³-hybridized carbons (Fsp3) is 0.333. The molecule has 0 atom stereocenters. The van der Waals surface area contributed by atoms with Gasteiger partial charge in [0.1, 0.15) is 5.15 Å². The maximum absolute atomic E-state index is 13.2. The van der Waals surface area contributed by atoms with E-state index in [9.17, 15) is 31.1 Å². The molecule has 0 aliphatic heterocycles. The second kappa shape index (κ2) is 11.2. The third kappa shape index (κ3) is 8.11. The van der Waals surface area contributed by atoms with E-state index in [1.54, 1.807) is 12.1 Å². The number of hydrogen-bond donors (Lipinski definition) is 0. The topological polar surface area (TPSA) is 42.4 Å². The highest BCUT2D eigenvalue weighted by molar-refractivity contribution is 6.29. The normalized spacial score (nSPS) is 12.4. The molecule has 3 aromatic rings. The fourth-order valence-electron chi connectivity index (χ4n) is 3.58. The molecular weight excluding hydrogens is 534 g/mol. The lowest BCUT2D eigenvalue weighted by Crippen LogP contribution is -2.35. The first kappa shape index (κ1) is 29.3. The van der Waals surface area contributed by atoms with Crippen LogP contribution in [0.25, 0.3) is 0 Å². The van der Waals surface area contributed by atoms with Gasteiger partial charge in [-0.05, 0) is 40.7 Å². The second-order valence-electron chi connectivity index (χ2n) is 9.70. The predicted octanol–water partition coefficient (Wildman–Crippen LogP) is 8.31. The monoisotopic (exact) mass is 558 g/mol. The molecule has 1 aromatic heterocycles. The molecule has 4 nitrogen and oxygen atoms in total. The van der Waals surface area contributed by atoms with E-state index in [1.807, 2.05) is 32.9 Å². The van der Waals surface area contributed by atoms with E-state index in [1.165, 1.54) is 17.0 Å². The molecule has 0 N–H and O–H groups in total. The third-order valence-corrected chi connectivity index (χ3v) is 5.86. The lowest BCUT2D eigenvalue weighted by atomic mass is 9.87.